The van der Waals surface area contributed by atoms with Crippen LogP contribution < -0.4 is 4.87 Å². The van der Waals surface area contributed by atoms with Crippen LogP contribution in [0.25, 0.3) is 0 Å². The molecule has 0 aromatic carbocycles. The third-order valence-corrected chi connectivity index (χ3v) is 3.17. The van der Waals surface area contributed by atoms with Gasteiger partial charge < -0.3 is 9.67 Å². The lowest BCUT2D eigenvalue weighted by atomic mass is 10.5. The van der Waals surface area contributed by atoms with Gasteiger partial charge in [0.2, 0.25) is 0 Å². The molecule has 0 amide bonds. The minimum atomic E-state index is -1.11. The Balaban J connectivity index is 2.07. The monoisotopic (exact) mass is 254 g/mol. The average molecular weight is 254 g/mol. The lowest BCUT2D eigenvalue weighted by Crippen LogP contribution is -2.18. The molecule has 0 saturated heterocycles. The smallest absolute Gasteiger partial charge is 0.358 e. The van der Waals surface area contributed by atoms with Crippen LogP contribution in [0.2, 0.25) is 0 Å². The molecule has 1 N–H and O–H groups in total. The molecule has 8 heteroatoms. The van der Waals surface area contributed by atoms with Crippen LogP contribution in [0.4, 0.5) is 0 Å². The fraction of sp³-hybridized carbons (Fsp3) is 0.333. The van der Waals surface area contributed by atoms with Gasteiger partial charge in [-0.1, -0.05) is 16.6 Å². The highest BCUT2D eigenvalue weighted by atomic mass is 32.1. The van der Waals surface area contributed by atoms with Crippen molar-refractivity contribution in [3.8, 4) is 0 Å². The number of thiazole rings is 1. The molecule has 0 aliphatic heterocycles. The second kappa shape index (κ2) is 4.50. The molecule has 0 aliphatic carbocycles. The first-order chi connectivity index (χ1) is 8.08. The average Bonchev–Trinajstić information content (AvgIpc) is 2.85. The minimum Gasteiger partial charge on any atom is -0.476 e. The van der Waals surface area contributed by atoms with Gasteiger partial charge in [-0.3, -0.25) is 4.79 Å². The van der Waals surface area contributed by atoms with Gasteiger partial charge in [-0.05, 0) is 6.92 Å². The minimum absolute atomic E-state index is 0.0268. The van der Waals surface area contributed by atoms with E-state index >= 15 is 0 Å². The van der Waals surface area contributed by atoms with Crippen LogP contribution in [0.1, 0.15) is 16.2 Å². The van der Waals surface area contributed by atoms with E-state index in [1.165, 1.54) is 10.9 Å². The van der Waals surface area contributed by atoms with E-state index in [2.05, 4.69) is 10.3 Å². The summed E-state index contributed by atoms with van der Waals surface area (Å²) in [5, 5.41) is 17.6. The zero-order chi connectivity index (χ0) is 12.4. The Labute approximate surface area is 99.9 Å². The van der Waals surface area contributed by atoms with Crippen molar-refractivity contribution in [2.45, 2.75) is 20.0 Å². The highest BCUT2D eigenvalue weighted by Crippen LogP contribution is 2.00. The molecule has 0 unspecified atom stereocenters. The van der Waals surface area contributed by atoms with Gasteiger partial charge in [-0.25, -0.2) is 9.48 Å². The van der Waals surface area contributed by atoms with Crippen molar-refractivity contribution in [3.63, 3.8) is 0 Å². The summed E-state index contributed by atoms with van der Waals surface area (Å²) < 4.78 is 3.03. The molecule has 0 saturated carbocycles. The third-order valence-electron chi connectivity index (χ3n) is 2.29. The standard InChI is InChI=1S/C9H10N4O3S/c1-6-5-17-9(16)13(6)3-2-12-4-7(8(14)15)10-11-12/h4-5H,2-3H2,1H3,(H,14,15). The third kappa shape index (κ3) is 2.41. The Kier molecular flexibility index (Phi) is 3.05. The highest BCUT2D eigenvalue weighted by molar-refractivity contribution is 7.07. The first-order valence-electron chi connectivity index (χ1n) is 4.86. The second-order valence-electron chi connectivity index (χ2n) is 3.47. The van der Waals surface area contributed by atoms with Gasteiger partial charge in [0.15, 0.2) is 5.69 Å². The van der Waals surface area contributed by atoms with Crippen LogP contribution in [-0.2, 0) is 13.1 Å². The molecule has 0 atom stereocenters. The first kappa shape index (κ1) is 11.5. The van der Waals surface area contributed by atoms with Crippen LogP contribution >= 0.6 is 11.3 Å². The number of aromatic carboxylic acids is 1. The van der Waals surface area contributed by atoms with Gasteiger partial charge in [-0.2, -0.15) is 0 Å². The van der Waals surface area contributed by atoms with Gasteiger partial charge in [0.1, 0.15) is 0 Å². The molecule has 90 valence electrons. The Morgan fingerprint density at radius 1 is 1.53 bits per heavy atom. The van der Waals surface area contributed by atoms with Crippen LogP contribution in [0.5, 0.6) is 0 Å². The number of nitrogens with zero attached hydrogens (tertiary/aromatic N) is 4. The summed E-state index contributed by atoms with van der Waals surface area (Å²) in [6.07, 6.45) is 1.34. The zero-order valence-electron chi connectivity index (χ0n) is 9.03. The molecule has 2 rings (SSSR count). The van der Waals surface area contributed by atoms with Crippen LogP contribution in [0.3, 0.4) is 0 Å². The molecule has 2 heterocycles. The number of aryl methyl sites for hydroxylation is 2. The van der Waals surface area contributed by atoms with Crippen molar-refractivity contribution in [2.24, 2.45) is 0 Å². The van der Waals surface area contributed by atoms with Gasteiger partial charge in [0.25, 0.3) is 0 Å². The van der Waals surface area contributed by atoms with Crippen LogP contribution in [0, 0.1) is 6.92 Å². The lowest BCUT2D eigenvalue weighted by molar-refractivity contribution is 0.0690. The summed E-state index contributed by atoms with van der Waals surface area (Å²) in [4.78, 5) is 22.0. The van der Waals surface area contributed by atoms with Gasteiger partial charge in [0, 0.05) is 17.6 Å². The molecule has 0 spiro atoms. The number of hydrogen-bond donors (Lipinski definition) is 1. The Morgan fingerprint density at radius 2 is 2.29 bits per heavy atom. The van der Waals surface area contributed by atoms with Crippen molar-refractivity contribution >= 4 is 17.3 Å². The van der Waals surface area contributed by atoms with E-state index in [9.17, 15) is 9.59 Å². The van der Waals surface area contributed by atoms with Crippen LogP contribution in [-0.4, -0.2) is 30.6 Å². The van der Waals surface area contributed by atoms with Gasteiger partial charge in [-0.15, -0.1) is 5.10 Å². The number of aromatic nitrogens is 4. The molecule has 0 bridgehead atoms. The Hall–Kier alpha value is -1.96. The molecule has 2 aromatic rings. The summed E-state index contributed by atoms with van der Waals surface area (Å²) in [6, 6.07) is 0. The topological polar surface area (TPSA) is 90.0 Å². The fourth-order valence-corrected chi connectivity index (χ4v) is 2.14. The van der Waals surface area contributed by atoms with Crippen molar-refractivity contribution in [1.82, 2.24) is 19.6 Å². The summed E-state index contributed by atoms with van der Waals surface area (Å²) in [6.45, 7) is 2.72. The Morgan fingerprint density at radius 3 is 2.82 bits per heavy atom. The molecule has 0 aliphatic rings. The quantitative estimate of drug-likeness (QED) is 0.842. The number of carboxylic acids is 1. The van der Waals surface area contributed by atoms with E-state index in [1.807, 2.05) is 6.92 Å². The molecule has 7 nitrogen and oxygen atoms in total. The number of hydrogen-bond acceptors (Lipinski definition) is 5. The molecule has 2 aromatic heterocycles. The van der Waals surface area contributed by atoms with Crippen molar-refractivity contribution in [1.29, 1.82) is 0 Å². The molecule has 17 heavy (non-hydrogen) atoms. The van der Waals surface area contributed by atoms with Crippen LogP contribution in [0.15, 0.2) is 16.4 Å². The summed E-state index contributed by atoms with van der Waals surface area (Å²) in [5.74, 6) is -1.11. The van der Waals surface area contributed by atoms with Crippen molar-refractivity contribution < 1.29 is 9.90 Å². The predicted octanol–water partition coefficient (Wildman–Crippen LogP) is 0.208. The van der Waals surface area contributed by atoms with E-state index in [-0.39, 0.29) is 10.6 Å². The number of carbonyl (C=O) groups is 1. The maximum Gasteiger partial charge on any atom is 0.358 e. The lowest BCUT2D eigenvalue weighted by Gasteiger charge is -2.03. The number of carboxylic acid groups (broad SMARTS) is 1. The normalized spacial score (nSPS) is 10.6. The second-order valence-corrected chi connectivity index (χ2v) is 4.29. The van der Waals surface area contributed by atoms with E-state index < -0.39 is 5.97 Å². The van der Waals surface area contributed by atoms with E-state index in [0.29, 0.717) is 13.1 Å². The first-order valence-corrected chi connectivity index (χ1v) is 5.74. The van der Waals surface area contributed by atoms with E-state index in [4.69, 9.17) is 5.11 Å². The summed E-state index contributed by atoms with van der Waals surface area (Å²) in [7, 11) is 0. The predicted molar refractivity (Wildman–Crippen MR) is 60.3 cm³/mol. The SMILES string of the molecule is Cc1csc(=O)n1CCn1cc(C(=O)O)nn1. The molecule has 0 radical (unpaired) electrons. The van der Waals surface area contributed by atoms with Gasteiger partial charge in [0.05, 0.1) is 12.7 Å². The van der Waals surface area contributed by atoms with Gasteiger partial charge >= 0.3 is 10.8 Å². The fourth-order valence-electron chi connectivity index (χ4n) is 1.38. The summed E-state index contributed by atoms with van der Waals surface area (Å²) >= 11 is 1.14. The van der Waals surface area contributed by atoms with Crippen molar-refractivity contribution in [2.75, 3.05) is 0 Å². The number of rotatable bonds is 4. The highest BCUT2D eigenvalue weighted by Gasteiger charge is 2.08. The largest absolute Gasteiger partial charge is 0.476 e. The maximum atomic E-state index is 11.4. The molecule has 0 fully saturated rings. The van der Waals surface area contributed by atoms with E-state index in [1.54, 1.807) is 9.95 Å². The van der Waals surface area contributed by atoms with Crippen molar-refractivity contribution in [3.05, 3.63) is 32.6 Å². The summed E-state index contributed by atoms with van der Waals surface area (Å²) in [5.41, 5.74) is 0.790. The zero-order valence-corrected chi connectivity index (χ0v) is 9.85. The molecular weight excluding hydrogens is 244 g/mol. The maximum absolute atomic E-state index is 11.4. The molecular formula is C9H10N4O3S. The Bertz CT molecular complexity index is 597. The van der Waals surface area contributed by atoms with E-state index in [0.717, 1.165) is 17.0 Å².